The minimum atomic E-state index is -1.02. The third kappa shape index (κ3) is 4.70. The smallest absolute Gasteiger partial charge is 0.339 e. The van der Waals surface area contributed by atoms with Gasteiger partial charge in [-0.3, -0.25) is 0 Å². The summed E-state index contributed by atoms with van der Waals surface area (Å²) in [6.45, 7) is 2.31. The third-order valence-electron chi connectivity index (χ3n) is 2.18. The van der Waals surface area contributed by atoms with Crippen molar-refractivity contribution in [3.05, 3.63) is 22.3 Å². The van der Waals surface area contributed by atoms with E-state index in [-0.39, 0.29) is 11.7 Å². The van der Waals surface area contributed by atoms with Crippen LogP contribution in [-0.2, 0) is 0 Å². The molecule has 0 amide bonds. The van der Waals surface area contributed by atoms with Crippen molar-refractivity contribution in [2.45, 2.75) is 25.9 Å². The lowest BCUT2D eigenvalue weighted by Crippen LogP contribution is -2.11. The van der Waals surface area contributed by atoms with Gasteiger partial charge < -0.3 is 15.5 Å². The van der Waals surface area contributed by atoms with Crippen LogP contribution in [0.3, 0.4) is 0 Å². The van der Waals surface area contributed by atoms with Gasteiger partial charge in [0, 0.05) is 17.2 Å². The summed E-state index contributed by atoms with van der Waals surface area (Å²) >= 11 is 3.18. The number of rotatable bonds is 6. The van der Waals surface area contributed by atoms with Crippen molar-refractivity contribution in [3.63, 3.8) is 0 Å². The van der Waals surface area contributed by atoms with E-state index in [0.29, 0.717) is 23.3 Å². The first-order chi connectivity index (χ1) is 8.00. The highest BCUT2D eigenvalue weighted by molar-refractivity contribution is 9.10. The van der Waals surface area contributed by atoms with Gasteiger partial charge >= 0.3 is 5.97 Å². The number of nitrogens with zero attached hydrogens (tertiary/aromatic N) is 1. The number of anilines is 1. The summed E-state index contributed by atoms with van der Waals surface area (Å²) in [5.41, 5.74) is 0.136. The van der Waals surface area contributed by atoms with Gasteiger partial charge in [0.25, 0.3) is 0 Å². The molecule has 17 heavy (non-hydrogen) atoms. The zero-order valence-corrected chi connectivity index (χ0v) is 11.1. The highest BCUT2D eigenvalue weighted by Crippen LogP contribution is 2.18. The van der Waals surface area contributed by atoms with Crippen molar-refractivity contribution < 1.29 is 15.0 Å². The molecule has 0 radical (unpaired) electrons. The van der Waals surface area contributed by atoms with Crippen LogP contribution in [0.25, 0.3) is 0 Å². The minimum Gasteiger partial charge on any atom is -0.478 e. The molecule has 0 aliphatic heterocycles. The van der Waals surface area contributed by atoms with Crippen molar-refractivity contribution in [3.8, 4) is 0 Å². The second-order valence-corrected chi connectivity index (χ2v) is 4.69. The lowest BCUT2D eigenvalue weighted by Gasteiger charge is -2.09. The summed E-state index contributed by atoms with van der Waals surface area (Å²) < 4.78 is 0.629. The van der Waals surface area contributed by atoms with Crippen LogP contribution >= 0.6 is 15.9 Å². The van der Waals surface area contributed by atoms with E-state index in [9.17, 15) is 4.79 Å². The summed E-state index contributed by atoms with van der Waals surface area (Å²) in [7, 11) is 0. The van der Waals surface area contributed by atoms with Crippen LogP contribution in [0.1, 0.15) is 30.1 Å². The van der Waals surface area contributed by atoms with E-state index >= 15 is 0 Å². The number of carboxylic acids is 1. The van der Waals surface area contributed by atoms with Crippen molar-refractivity contribution >= 4 is 27.7 Å². The molecule has 0 saturated heterocycles. The number of hydrogen-bond donors (Lipinski definition) is 3. The zero-order valence-electron chi connectivity index (χ0n) is 9.48. The largest absolute Gasteiger partial charge is 0.478 e. The molecule has 0 aliphatic rings. The van der Waals surface area contributed by atoms with Crippen LogP contribution in [0.15, 0.2) is 16.7 Å². The van der Waals surface area contributed by atoms with Gasteiger partial charge in [-0.05, 0) is 41.8 Å². The molecule has 0 spiro atoms. The molecular formula is C11H15BrN2O3. The molecule has 3 N–H and O–H groups in total. The van der Waals surface area contributed by atoms with Gasteiger partial charge in [0.05, 0.1) is 6.10 Å². The number of carbonyl (C=O) groups is 1. The minimum absolute atomic E-state index is 0.136. The molecule has 5 nitrogen and oxygen atoms in total. The molecule has 94 valence electrons. The number of halogens is 1. The maximum atomic E-state index is 11.0. The van der Waals surface area contributed by atoms with Gasteiger partial charge in [0.1, 0.15) is 11.4 Å². The first-order valence-corrected chi connectivity index (χ1v) is 6.10. The van der Waals surface area contributed by atoms with Crippen LogP contribution < -0.4 is 5.32 Å². The van der Waals surface area contributed by atoms with Gasteiger partial charge in [0.2, 0.25) is 0 Å². The van der Waals surface area contributed by atoms with Gasteiger partial charge in [-0.2, -0.15) is 0 Å². The van der Waals surface area contributed by atoms with E-state index in [1.807, 2.05) is 0 Å². The number of nitrogens with one attached hydrogen (secondary N) is 1. The summed E-state index contributed by atoms with van der Waals surface area (Å²) in [5.74, 6) is -0.664. The van der Waals surface area contributed by atoms with Crippen LogP contribution in [0.4, 0.5) is 5.82 Å². The summed E-state index contributed by atoms with van der Waals surface area (Å²) in [6, 6.07) is 1.51. The SMILES string of the molecule is CC(O)CCCNc1ncc(Br)cc1C(=O)O. The number of carboxylic acid groups (broad SMARTS) is 1. The standard InChI is InChI=1S/C11H15BrN2O3/c1-7(15)3-2-4-13-10-9(11(16)17)5-8(12)6-14-10/h5-7,15H,2-4H2,1H3,(H,13,14)(H,16,17). The first-order valence-electron chi connectivity index (χ1n) is 5.31. The Morgan fingerprint density at radius 3 is 2.94 bits per heavy atom. The topological polar surface area (TPSA) is 82.5 Å². The molecule has 0 saturated carbocycles. The number of aliphatic hydroxyl groups excluding tert-OH is 1. The monoisotopic (exact) mass is 302 g/mol. The average Bonchev–Trinajstić information content (AvgIpc) is 2.25. The Kier molecular flexibility index (Phi) is 5.37. The molecule has 1 unspecified atom stereocenters. The van der Waals surface area contributed by atoms with E-state index in [2.05, 4.69) is 26.2 Å². The van der Waals surface area contributed by atoms with E-state index < -0.39 is 5.97 Å². The molecule has 1 atom stereocenters. The van der Waals surface area contributed by atoms with Gasteiger partial charge in [-0.1, -0.05) is 0 Å². The van der Waals surface area contributed by atoms with E-state index in [1.54, 1.807) is 13.1 Å². The Labute approximate surface area is 108 Å². The Morgan fingerprint density at radius 1 is 1.65 bits per heavy atom. The van der Waals surface area contributed by atoms with Crippen molar-refractivity contribution in [1.29, 1.82) is 0 Å². The van der Waals surface area contributed by atoms with Gasteiger partial charge in [0.15, 0.2) is 0 Å². The predicted octanol–water partition coefficient (Wildman–Crippen LogP) is 2.12. The molecule has 0 bridgehead atoms. The van der Waals surface area contributed by atoms with E-state index in [4.69, 9.17) is 10.2 Å². The third-order valence-corrected chi connectivity index (χ3v) is 2.61. The Hall–Kier alpha value is -1.14. The average molecular weight is 303 g/mol. The lowest BCUT2D eigenvalue weighted by molar-refractivity contribution is 0.0697. The van der Waals surface area contributed by atoms with Crippen LogP contribution in [0, 0.1) is 0 Å². The molecule has 1 rings (SSSR count). The maximum Gasteiger partial charge on any atom is 0.339 e. The predicted molar refractivity (Wildman–Crippen MR) is 68.3 cm³/mol. The number of aromatic carboxylic acids is 1. The van der Waals surface area contributed by atoms with Crippen molar-refractivity contribution in [1.82, 2.24) is 4.98 Å². The van der Waals surface area contributed by atoms with E-state index in [0.717, 1.165) is 6.42 Å². The molecule has 0 aromatic carbocycles. The fraction of sp³-hybridized carbons (Fsp3) is 0.455. The molecule has 0 fully saturated rings. The molecule has 6 heteroatoms. The van der Waals surface area contributed by atoms with Crippen LogP contribution in [-0.4, -0.2) is 33.8 Å². The Bertz CT molecular complexity index is 396. The van der Waals surface area contributed by atoms with Crippen molar-refractivity contribution in [2.24, 2.45) is 0 Å². The second-order valence-electron chi connectivity index (χ2n) is 3.77. The van der Waals surface area contributed by atoms with Crippen LogP contribution in [0.5, 0.6) is 0 Å². The molecule has 1 heterocycles. The fourth-order valence-corrected chi connectivity index (χ4v) is 1.68. The molecule has 1 aromatic heterocycles. The quantitative estimate of drug-likeness (QED) is 0.701. The van der Waals surface area contributed by atoms with E-state index in [1.165, 1.54) is 6.07 Å². The highest BCUT2D eigenvalue weighted by atomic mass is 79.9. The Balaban J connectivity index is 2.61. The number of hydrogen-bond acceptors (Lipinski definition) is 4. The summed E-state index contributed by atoms with van der Waals surface area (Å²) in [4.78, 5) is 15.0. The molecular weight excluding hydrogens is 288 g/mol. The normalized spacial score (nSPS) is 12.2. The Morgan fingerprint density at radius 2 is 2.35 bits per heavy atom. The fourth-order valence-electron chi connectivity index (χ4n) is 1.35. The summed E-state index contributed by atoms with van der Waals surface area (Å²) in [5, 5.41) is 21.0. The molecule has 0 aliphatic carbocycles. The number of pyridine rings is 1. The van der Waals surface area contributed by atoms with Gasteiger partial charge in [-0.15, -0.1) is 0 Å². The maximum absolute atomic E-state index is 11.0. The highest BCUT2D eigenvalue weighted by Gasteiger charge is 2.11. The van der Waals surface area contributed by atoms with Crippen molar-refractivity contribution in [2.75, 3.05) is 11.9 Å². The van der Waals surface area contributed by atoms with Crippen LogP contribution in [0.2, 0.25) is 0 Å². The number of aliphatic hydroxyl groups is 1. The zero-order chi connectivity index (χ0) is 12.8. The second kappa shape index (κ2) is 6.56. The molecule has 1 aromatic rings. The first kappa shape index (κ1) is 13.9. The number of aromatic nitrogens is 1. The van der Waals surface area contributed by atoms with Gasteiger partial charge in [-0.25, -0.2) is 9.78 Å². The lowest BCUT2D eigenvalue weighted by atomic mass is 10.2. The summed E-state index contributed by atoms with van der Waals surface area (Å²) in [6.07, 6.45) is 2.64.